The van der Waals surface area contributed by atoms with Gasteiger partial charge in [0, 0.05) is 0 Å². The fourth-order valence-electron chi connectivity index (χ4n) is 0.569. The van der Waals surface area contributed by atoms with Crippen LogP contribution in [0.3, 0.4) is 0 Å². The summed E-state index contributed by atoms with van der Waals surface area (Å²) in [7, 11) is 8.31. The summed E-state index contributed by atoms with van der Waals surface area (Å²) in [5.74, 6) is 1.42. The van der Waals surface area contributed by atoms with E-state index in [2.05, 4.69) is 37.0 Å². The molecule has 0 N–H and O–H groups in total. The Bertz CT molecular complexity index is 87.7. The van der Waals surface area contributed by atoms with Gasteiger partial charge in [0.25, 0.3) is 0 Å². The average Bonchev–Trinajstić information content (AvgIpc) is 1.64. The molecule has 0 aliphatic carbocycles. The Morgan fingerprint density at radius 2 is 1.88 bits per heavy atom. The van der Waals surface area contributed by atoms with Crippen molar-refractivity contribution in [3.05, 3.63) is 0 Å². The zero-order chi connectivity index (χ0) is 6.73. The minimum absolute atomic E-state index is 0.676. The van der Waals surface area contributed by atoms with Gasteiger partial charge in [-0.15, -0.1) is 0 Å². The molecule has 0 aromatic rings. The fourth-order valence-corrected chi connectivity index (χ4v) is 0.569. The van der Waals surface area contributed by atoms with Crippen LogP contribution in [0.2, 0.25) is 11.6 Å². The molecule has 8 heavy (non-hydrogen) atoms. The summed E-state index contributed by atoms with van der Waals surface area (Å²) in [6, 6.07) is 0. The molecule has 42 valence electrons. The quantitative estimate of drug-likeness (QED) is 0.393. The standard InChI is InChI=1S/C5H13B3/c1-3(6)5(8)4(2)7/h3,5,7H,6,8H2,1-2H3. The van der Waals surface area contributed by atoms with Gasteiger partial charge in [-0.25, -0.2) is 0 Å². The molecule has 0 aromatic heterocycles. The van der Waals surface area contributed by atoms with Gasteiger partial charge >= 0.3 is 54.1 Å². The van der Waals surface area contributed by atoms with Crippen molar-refractivity contribution in [1.29, 1.82) is 0 Å². The Kier molecular flexibility index (Phi) is 3.19. The molecule has 0 radical (unpaired) electrons. The molecule has 0 amide bonds. The van der Waals surface area contributed by atoms with Crippen molar-refractivity contribution < 1.29 is 0 Å². The van der Waals surface area contributed by atoms with E-state index in [-0.39, 0.29) is 0 Å². The first-order valence-electron chi connectivity index (χ1n) is 3.21. The van der Waals surface area contributed by atoms with Gasteiger partial charge in [-0.05, 0) is 0 Å². The average molecular weight is 106 g/mol. The number of rotatable bonds is 2. The predicted octanol–water partition coefficient (Wildman–Crippen LogP) is -1.06. The molecule has 0 spiro atoms. The van der Waals surface area contributed by atoms with Crippen molar-refractivity contribution in [3.63, 3.8) is 0 Å². The second-order valence-electron chi connectivity index (χ2n) is 2.88. The third-order valence-corrected chi connectivity index (χ3v) is 1.78. The Labute approximate surface area is 54.9 Å². The summed E-state index contributed by atoms with van der Waals surface area (Å²) in [6.07, 6.45) is 0. The molecule has 3 heteroatoms. The summed E-state index contributed by atoms with van der Waals surface area (Å²) in [6.45, 7) is 4.31. The first kappa shape index (κ1) is 8.06. The van der Waals surface area contributed by atoms with Crippen molar-refractivity contribution in [3.8, 4) is 0 Å². The van der Waals surface area contributed by atoms with Crippen LogP contribution in [0.25, 0.3) is 0 Å². The normalized spacial score (nSPS) is 17.1. The van der Waals surface area contributed by atoms with Gasteiger partial charge in [-0.2, -0.15) is 0 Å². The molecule has 2 atom stereocenters. The maximum absolute atomic E-state index is 3.88. The monoisotopic (exact) mass is 106 g/mol. The molecule has 2 unspecified atom stereocenters. The molecule has 0 bridgehead atoms. The van der Waals surface area contributed by atoms with Gasteiger partial charge < -0.3 is 0 Å². The van der Waals surface area contributed by atoms with Gasteiger partial charge in [0.2, 0.25) is 0 Å². The second kappa shape index (κ2) is 3.16. The van der Waals surface area contributed by atoms with E-state index in [0.29, 0.717) is 5.82 Å². The van der Waals surface area contributed by atoms with E-state index in [1.54, 1.807) is 0 Å². The summed E-state index contributed by atoms with van der Waals surface area (Å²) in [4.78, 5) is 0. The minimum atomic E-state index is 0.676. The van der Waals surface area contributed by atoms with Crippen LogP contribution in [0.15, 0.2) is 0 Å². The van der Waals surface area contributed by atoms with Crippen LogP contribution in [-0.2, 0) is 0 Å². The first-order valence-corrected chi connectivity index (χ1v) is 3.21. The van der Waals surface area contributed by atoms with Gasteiger partial charge in [0.05, 0.1) is 0 Å². The van der Waals surface area contributed by atoms with Crippen molar-refractivity contribution in [2.24, 2.45) is 0 Å². The zero-order valence-corrected chi connectivity index (χ0v) is 6.36. The van der Waals surface area contributed by atoms with E-state index in [9.17, 15) is 0 Å². The zero-order valence-electron chi connectivity index (χ0n) is 6.36. The van der Waals surface area contributed by atoms with Crippen molar-refractivity contribution in [2.45, 2.75) is 25.5 Å². The number of hydrogen-bond donors (Lipinski definition) is 0. The predicted molar refractivity (Wildman–Crippen MR) is 48.1 cm³/mol. The maximum atomic E-state index is 3.88. The fraction of sp³-hybridized carbons (Fsp3) is 0.800. The van der Waals surface area contributed by atoms with Crippen molar-refractivity contribution in [2.75, 3.05) is 0 Å². The second-order valence-corrected chi connectivity index (χ2v) is 2.88. The summed E-state index contributed by atoms with van der Waals surface area (Å²) < 4.78 is 0. The molecule has 0 nitrogen and oxygen atoms in total. The molecular formula is C5H13B3. The molecule has 0 saturated heterocycles. The van der Waals surface area contributed by atoms with E-state index in [4.69, 9.17) is 0 Å². The summed E-state index contributed by atoms with van der Waals surface area (Å²) in [5, 5.41) is 0. The van der Waals surface area contributed by atoms with Crippen LogP contribution in [0.4, 0.5) is 0 Å². The third-order valence-electron chi connectivity index (χ3n) is 1.78. The Balaban J connectivity index is 3.64. The molecular weight excluding hydrogens is 92.5 g/mol. The third kappa shape index (κ3) is 2.39. The van der Waals surface area contributed by atoms with E-state index in [1.165, 1.54) is 5.46 Å². The van der Waals surface area contributed by atoms with Crippen LogP contribution >= 0.6 is 0 Å². The van der Waals surface area contributed by atoms with Gasteiger partial charge in [0.15, 0.2) is 0 Å². The molecule has 0 fully saturated rings. The van der Waals surface area contributed by atoms with Gasteiger partial charge in [-0.1, -0.05) is 0 Å². The Hall–Kier alpha value is 0.0648. The van der Waals surface area contributed by atoms with Crippen molar-refractivity contribution in [1.82, 2.24) is 0 Å². The van der Waals surface area contributed by atoms with Crippen LogP contribution < -0.4 is 0 Å². The molecule has 0 saturated carbocycles. The van der Waals surface area contributed by atoms with Gasteiger partial charge in [-0.3, -0.25) is 0 Å². The van der Waals surface area contributed by atoms with E-state index in [1.807, 2.05) is 0 Å². The molecule has 0 aliphatic rings. The van der Waals surface area contributed by atoms with Crippen molar-refractivity contribution >= 4 is 28.6 Å². The Morgan fingerprint density at radius 3 is 1.88 bits per heavy atom. The van der Waals surface area contributed by atoms with E-state index < -0.39 is 0 Å². The van der Waals surface area contributed by atoms with Crippen LogP contribution in [0, 0.1) is 0 Å². The van der Waals surface area contributed by atoms with E-state index in [0.717, 1.165) is 5.82 Å². The SMILES string of the molecule is B=C(C)C(B)C(B)C. The Morgan fingerprint density at radius 1 is 1.50 bits per heavy atom. The van der Waals surface area contributed by atoms with Crippen LogP contribution in [0.5, 0.6) is 0 Å². The molecule has 0 aromatic carbocycles. The topological polar surface area (TPSA) is 0 Å². The molecule has 0 heterocycles. The molecule has 0 rings (SSSR count). The van der Waals surface area contributed by atoms with E-state index >= 15 is 0 Å². The molecule has 0 aliphatic heterocycles. The first-order chi connectivity index (χ1) is 3.55. The van der Waals surface area contributed by atoms with Crippen LogP contribution in [-0.4, -0.2) is 28.6 Å². The summed E-state index contributed by atoms with van der Waals surface area (Å²) in [5.41, 5.74) is 1.29. The van der Waals surface area contributed by atoms with Gasteiger partial charge in [0.1, 0.15) is 0 Å². The number of hydrogen-bond acceptors (Lipinski definition) is 0. The van der Waals surface area contributed by atoms with Crippen LogP contribution in [0.1, 0.15) is 13.8 Å². The summed E-state index contributed by atoms with van der Waals surface area (Å²) >= 11 is 0.